The molecule has 0 saturated carbocycles. The van der Waals surface area contributed by atoms with Crippen LogP contribution in [0.3, 0.4) is 0 Å². The van der Waals surface area contributed by atoms with Gasteiger partial charge in [0.05, 0.1) is 0 Å². The maximum atomic E-state index is 11.8. The van der Waals surface area contributed by atoms with Crippen molar-refractivity contribution in [2.24, 2.45) is 0 Å². The van der Waals surface area contributed by atoms with Crippen molar-refractivity contribution in [1.29, 1.82) is 0 Å². The number of thiazole rings is 1. The Balaban J connectivity index is 2.63. The normalized spacial score (nSPS) is 11.6. The molecule has 1 aromatic heterocycles. The maximum absolute atomic E-state index is 11.8. The first kappa shape index (κ1) is 14.6. The number of carbonyl (C=O) groups is 2. The number of amides is 1. The molecule has 0 aliphatic carbocycles. The van der Waals surface area contributed by atoms with Crippen LogP contribution in [0.5, 0.6) is 0 Å². The van der Waals surface area contributed by atoms with Gasteiger partial charge >= 0.3 is 5.97 Å². The molecule has 0 fully saturated rings. The summed E-state index contributed by atoms with van der Waals surface area (Å²) in [6.07, 6.45) is 0. The van der Waals surface area contributed by atoms with Gasteiger partial charge in [-0.05, 0) is 27.9 Å². The fourth-order valence-electron chi connectivity index (χ4n) is 1.01. The number of carboxylic acids is 1. The SMILES string of the molecule is CN(C)C(C)(C)CNC(=O)c1nc(C(=O)O)cs1. The van der Waals surface area contributed by atoms with Crippen molar-refractivity contribution in [2.45, 2.75) is 19.4 Å². The van der Waals surface area contributed by atoms with Gasteiger partial charge in [-0.2, -0.15) is 0 Å². The first-order chi connectivity index (χ1) is 8.24. The van der Waals surface area contributed by atoms with Crippen molar-refractivity contribution >= 4 is 23.2 Å². The van der Waals surface area contributed by atoms with Gasteiger partial charge in [0.2, 0.25) is 0 Å². The molecule has 1 heterocycles. The summed E-state index contributed by atoms with van der Waals surface area (Å²) < 4.78 is 0. The van der Waals surface area contributed by atoms with Crippen molar-refractivity contribution in [3.8, 4) is 0 Å². The molecule has 1 rings (SSSR count). The number of carboxylic acid groups (broad SMARTS) is 1. The zero-order chi connectivity index (χ0) is 13.9. The van der Waals surface area contributed by atoms with E-state index in [0.29, 0.717) is 6.54 Å². The lowest BCUT2D eigenvalue weighted by Crippen LogP contribution is -2.48. The van der Waals surface area contributed by atoms with Crippen LogP contribution < -0.4 is 5.32 Å². The number of aromatic nitrogens is 1. The van der Waals surface area contributed by atoms with Crippen LogP contribution in [0.15, 0.2) is 5.38 Å². The molecule has 6 nitrogen and oxygen atoms in total. The van der Waals surface area contributed by atoms with Gasteiger partial charge in [0.25, 0.3) is 5.91 Å². The maximum Gasteiger partial charge on any atom is 0.355 e. The molecule has 0 radical (unpaired) electrons. The molecule has 2 N–H and O–H groups in total. The Bertz CT molecular complexity index is 454. The average molecular weight is 271 g/mol. The second-order valence-electron chi connectivity index (χ2n) is 4.73. The largest absolute Gasteiger partial charge is 0.476 e. The summed E-state index contributed by atoms with van der Waals surface area (Å²) in [6.45, 7) is 4.45. The number of carbonyl (C=O) groups excluding carboxylic acids is 1. The topological polar surface area (TPSA) is 82.5 Å². The molecule has 0 spiro atoms. The van der Waals surface area contributed by atoms with Gasteiger partial charge in [0.1, 0.15) is 0 Å². The standard InChI is InChI=1S/C11H17N3O3S/c1-11(2,14(3)4)6-12-8(15)9-13-7(5-18-9)10(16)17/h5H,6H2,1-4H3,(H,12,15)(H,16,17). The monoisotopic (exact) mass is 271 g/mol. The highest BCUT2D eigenvalue weighted by Gasteiger charge is 2.22. The zero-order valence-electron chi connectivity index (χ0n) is 10.9. The van der Waals surface area contributed by atoms with Crippen LogP contribution in [-0.4, -0.2) is 53.0 Å². The summed E-state index contributed by atoms with van der Waals surface area (Å²) >= 11 is 1.03. The van der Waals surface area contributed by atoms with E-state index in [9.17, 15) is 9.59 Å². The Morgan fingerprint density at radius 2 is 2.11 bits per heavy atom. The first-order valence-corrected chi connectivity index (χ1v) is 6.26. The van der Waals surface area contributed by atoms with Crippen LogP contribution in [-0.2, 0) is 0 Å². The van der Waals surface area contributed by atoms with E-state index in [2.05, 4.69) is 10.3 Å². The number of nitrogens with one attached hydrogen (secondary N) is 1. The Morgan fingerprint density at radius 3 is 2.56 bits per heavy atom. The molecule has 0 aromatic carbocycles. The van der Waals surface area contributed by atoms with Crippen molar-refractivity contribution < 1.29 is 14.7 Å². The average Bonchev–Trinajstić information content (AvgIpc) is 2.75. The second kappa shape index (κ2) is 5.45. The van der Waals surface area contributed by atoms with Crippen molar-refractivity contribution in [2.75, 3.05) is 20.6 Å². The highest BCUT2D eigenvalue weighted by molar-refractivity contribution is 7.11. The van der Waals surface area contributed by atoms with Gasteiger partial charge < -0.3 is 15.3 Å². The molecule has 0 bridgehead atoms. The smallest absolute Gasteiger partial charge is 0.355 e. The number of hydrogen-bond donors (Lipinski definition) is 2. The third-order valence-corrected chi connectivity index (χ3v) is 3.65. The number of nitrogens with zero attached hydrogens (tertiary/aromatic N) is 2. The van der Waals surface area contributed by atoms with Crippen molar-refractivity contribution in [3.05, 3.63) is 16.1 Å². The lowest BCUT2D eigenvalue weighted by Gasteiger charge is -2.32. The van der Waals surface area contributed by atoms with E-state index in [0.717, 1.165) is 11.3 Å². The number of hydrogen-bond acceptors (Lipinski definition) is 5. The molecule has 0 saturated heterocycles. The summed E-state index contributed by atoms with van der Waals surface area (Å²) in [5, 5.41) is 13.0. The number of rotatable bonds is 5. The van der Waals surface area contributed by atoms with Gasteiger partial charge in [-0.15, -0.1) is 11.3 Å². The van der Waals surface area contributed by atoms with Crippen molar-refractivity contribution in [1.82, 2.24) is 15.2 Å². The fourth-order valence-corrected chi connectivity index (χ4v) is 1.71. The molecule has 18 heavy (non-hydrogen) atoms. The van der Waals surface area contributed by atoms with E-state index in [1.54, 1.807) is 0 Å². The molecule has 100 valence electrons. The summed E-state index contributed by atoms with van der Waals surface area (Å²) in [4.78, 5) is 28.2. The highest BCUT2D eigenvalue weighted by Crippen LogP contribution is 2.11. The highest BCUT2D eigenvalue weighted by atomic mass is 32.1. The van der Waals surface area contributed by atoms with E-state index < -0.39 is 5.97 Å². The molecule has 1 amide bonds. The van der Waals surface area contributed by atoms with E-state index in [4.69, 9.17) is 5.11 Å². The van der Waals surface area contributed by atoms with Crippen LogP contribution in [0.25, 0.3) is 0 Å². The Hall–Kier alpha value is -1.47. The van der Waals surface area contributed by atoms with Crippen LogP contribution in [0.4, 0.5) is 0 Å². The summed E-state index contributed by atoms with van der Waals surface area (Å²) in [5.41, 5.74) is -0.278. The molecule has 0 aliphatic heterocycles. The molecule has 7 heteroatoms. The molecule has 0 atom stereocenters. The fraction of sp³-hybridized carbons (Fsp3) is 0.545. The third-order valence-electron chi connectivity index (χ3n) is 2.81. The Labute approximate surface area is 110 Å². The summed E-state index contributed by atoms with van der Waals surface area (Å²) in [6, 6.07) is 0. The van der Waals surface area contributed by atoms with E-state index in [-0.39, 0.29) is 22.1 Å². The Morgan fingerprint density at radius 1 is 1.50 bits per heavy atom. The van der Waals surface area contributed by atoms with E-state index in [1.807, 2.05) is 32.8 Å². The lowest BCUT2D eigenvalue weighted by atomic mass is 10.0. The summed E-state index contributed by atoms with van der Waals surface area (Å²) in [7, 11) is 3.86. The van der Waals surface area contributed by atoms with Crippen LogP contribution in [0.1, 0.15) is 34.1 Å². The molecular weight excluding hydrogens is 254 g/mol. The van der Waals surface area contributed by atoms with Gasteiger partial charge in [0.15, 0.2) is 10.7 Å². The third kappa shape index (κ3) is 3.51. The van der Waals surface area contributed by atoms with Gasteiger partial charge in [-0.1, -0.05) is 0 Å². The molecule has 0 aliphatic rings. The lowest BCUT2D eigenvalue weighted by molar-refractivity contribution is 0.0691. The van der Waals surface area contributed by atoms with Gasteiger partial charge in [-0.3, -0.25) is 4.79 Å². The van der Waals surface area contributed by atoms with Gasteiger partial charge in [-0.25, -0.2) is 9.78 Å². The Kier molecular flexibility index (Phi) is 4.42. The number of aromatic carboxylic acids is 1. The second-order valence-corrected chi connectivity index (χ2v) is 5.59. The van der Waals surface area contributed by atoms with Crippen LogP contribution in [0, 0.1) is 0 Å². The van der Waals surface area contributed by atoms with Gasteiger partial charge in [0, 0.05) is 17.5 Å². The molecule has 0 unspecified atom stereocenters. The zero-order valence-corrected chi connectivity index (χ0v) is 11.7. The minimum atomic E-state index is -1.13. The summed E-state index contributed by atoms with van der Waals surface area (Å²) in [5.74, 6) is -1.47. The molecule has 1 aromatic rings. The number of likely N-dealkylation sites (N-methyl/N-ethyl adjacent to an activating group) is 1. The predicted molar refractivity (Wildman–Crippen MR) is 69.2 cm³/mol. The van der Waals surface area contributed by atoms with Crippen LogP contribution >= 0.6 is 11.3 Å². The minimum absolute atomic E-state index is 0.1000. The molecular formula is C11H17N3O3S. The first-order valence-electron chi connectivity index (χ1n) is 5.38. The van der Waals surface area contributed by atoms with E-state index >= 15 is 0 Å². The predicted octanol–water partition coefficient (Wildman–Crippen LogP) is 0.911. The minimum Gasteiger partial charge on any atom is -0.476 e. The van der Waals surface area contributed by atoms with E-state index in [1.165, 1.54) is 5.38 Å². The van der Waals surface area contributed by atoms with Crippen molar-refractivity contribution in [3.63, 3.8) is 0 Å². The van der Waals surface area contributed by atoms with Crippen LogP contribution in [0.2, 0.25) is 0 Å². The quantitative estimate of drug-likeness (QED) is 0.832.